The fraction of sp³-hybridized carbons (Fsp3) is 0.500. The van der Waals surface area contributed by atoms with Crippen LogP contribution in [0.4, 0.5) is 5.82 Å². The third-order valence-corrected chi connectivity index (χ3v) is 4.41. The highest BCUT2D eigenvalue weighted by atomic mass is 15.1. The molecule has 2 heterocycles. The number of hydrogen-bond acceptors (Lipinski definition) is 3. The molecule has 2 aromatic heterocycles. The lowest BCUT2D eigenvalue weighted by Crippen LogP contribution is -2.26. The van der Waals surface area contributed by atoms with E-state index in [1.165, 1.54) is 32.1 Å². The van der Waals surface area contributed by atoms with Crippen LogP contribution in [0, 0.1) is 5.41 Å². The summed E-state index contributed by atoms with van der Waals surface area (Å²) in [5.41, 5.74) is 8.26. The Bertz CT molecular complexity index is 564. The normalized spacial score (nSPS) is 18.1. The molecular formula is C16H22N4. The molecule has 0 unspecified atom stereocenters. The number of imidazole rings is 1. The molecule has 0 amide bonds. The summed E-state index contributed by atoms with van der Waals surface area (Å²) in [5, 5.41) is 0. The van der Waals surface area contributed by atoms with Crippen LogP contribution >= 0.6 is 0 Å². The molecular weight excluding hydrogens is 248 g/mol. The van der Waals surface area contributed by atoms with Crippen molar-refractivity contribution in [3.8, 4) is 11.3 Å². The summed E-state index contributed by atoms with van der Waals surface area (Å²) >= 11 is 0. The molecule has 1 aliphatic rings. The highest BCUT2D eigenvalue weighted by Gasteiger charge is 2.27. The highest BCUT2D eigenvalue weighted by Crippen LogP contribution is 2.38. The van der Waals surface area contributed by atoms with Crippen LogP contribution in [0.25, 0.3) is 11.3 Å². The average molecular weight is 270 g/mol. The number of nitrogens with zero attached hydrogens (tertiary/aromatic N) is 3. The minimum atomic E-state index is 0.398. The SMILES string of the molecule is CC1(Cn2cncc2-c2ccc(N)nc2)CCCCC1. The van der Waals surface area contributed by atoms with Crippen molar-refractivity contribution in [3.63, 3.8) is 0 Å². The quantitative estimate of drug-likeness (QED) is 0.928. The molecule has 2 aromatic rings. The minimum Gasteiger partial charge on any atom is -0.384 e. The standard InChI is InChI=1S/C16H22N4/c1-16(7-3-2-4-8-16)11-20-12-18-10-14(20)13-5-6-15(17)19-9-13/h5-6,9-10,12H,2-4,7-8,11H2,1H3,(H2,17,19). The van der Waals surface area contributed by atoms with E-state index < -0.39 is 0 Å². The zero-order chi connectivity index (χ0) is 14.0. The third-order valence-electron chi connectivity index (χ3n) is 4.41. The fourth-order valence-electron chi connectivity index (χ4n) is 3.22. The highest BCUT2D eigenvalue weighted by molar-refractivity contribution is 5.59. The Hall–Kier alpha value is -1.84. The molecule has 1 fully saturated rings. The number of pyridine rings is 1. The van der Waals surface area contributed by atoms with E-state index in [2.05, 4.69) is 21.5 Å². The van der Waals surface area contributed by atoms with E-state index in [1.807, 2.05) is 30.9 Å². The van der Waals surface area contributed by atoms with Crippen molar-refractivity contribution in [1.29, 1.82) is 0 Å². The summed E-state index contributed by atoms with van der Waals surface area (Å²) in [4.78, 5) is 8.50. The van der Waals surface area contributed by atoms with Crippen LogP contribution in [-0.2, 0) is 6.54 Å². The van der Waals surface area contributed by atoms with Crippen LogP contribution in [-0.4, -0.2) is 14.5 Å². The van der Waals surface area contributed by atoms with E-state index in [4.69, 9.17) is 5.73 Å². The van der Waals surface area contributed by atoms with Crippen LogP contribution in [0.5, 0.6) is 0 Å². The van der Waals surface area contributed by atoms with Gasteiger partial charge in [0.2, 0.25) is 0 Å². The van der Waals surface area contributed by atoms with Gasteiger partial charge in [0.15, 0.2) is 0 Å². The Labute approximate surface area is 120 Å². The Morgan fingerprint density at radius 3 is 2.70 bits per heavy atom. The lowest BCUT2D eigenvalue weighted by molar-refractivity contribution is 0.184. The van der Waals surface area contributed by atoms with Gasteiger partial charge in [-0.2, -0.15) is 0 Å². The first-order valence-electron chi connectivity index (χ1n) is 7.38. The molecule has 1 saturated carbocycles. The van der Waals surface area contributed by atoms with Gasteiger partial charge in [-0.15, -0.1) is 0 Å². The third kappa shape index (κ3) is 2.69. The first-order chi connectivity index (χ1) is 9.66. The molecule has 0 saturated heterocycles. The van der Waals surface area contributed by atoms with Crippen molar-refractivity contribution in [2.24, 2.45) is 5.41 Å². The second kappa shape index (κ2) is 5.27. The second-order valence-corrected chi connectivity index (χ2v) is 6.25. The molecule has 0 aliphatic heterocycles. The summed E-state index contributed by atoms with van der Waals surface area (Å²) in [7, 11) is 0. The van der Waals surface area contributed by atoms with E-state index in [9.17, 15) is 0 Å². The first kappa shape index (κ1) is 13.2. The predicted octanol–water partition coefficient (Wildman–Crippen LogP) is 3.50. The molecule has 20 heavy (non-hydrogen) atoms. The van der Waals surface area contributed by atoms with Crippen LogP contribution in [0.2, 0.25) is 0 Å². The van der Waals surface area contributed by atoms with Gasteiger partial charge in [0, 0.05) is 18.3 Å². The molecule has 0 aromatic carbocycles. The number of nitrogen functional groups attached to an aromatic ring is 1. The molecule has 0 radical (unpaired) electrons. The summed E-state index contributed by atoms with van der Waals surface area (Å²) in [6.07, 6.45) is 12.4. The largest absolute Gasteiger partial charge is 0.384 e. The molecule has 0 atom stereocenters. The van der Waals surface area contributed by atoms with Gasteiger partial charge in [0.25, 0.3) is 0 Å². The van der Waals surface area contributed by atoms with Crippen LogP contribution < -0.4 is 5.73 Å². The number of anilines is 1. The fourth-order valence-corrected chi connectivity index (χ4v) is 3.22. The van der Waals surface area contributed by atoms with Crippen molar-refractivity contribution in [1.82, 2.24) is 14.5 Å². The van der Waals surface area contributed by atoms with Gasteiger partial charge in [-0.3, -0.25) is 0 Å². The van der Waals surface area contributed by atoms with Crippen molar-refractivity contribution in [3.05, 3.63) is 30.9 Å². The summed E-state index contributed by atoms with van der Waals surface area (Å²) in [6.45, 7) is 3.43. The van der Waals surface area contributed by atoms with E-state index in [-0.39, 0.29) is 0 Å². The Kier molecular flexibility index (Phi) is 3.47. The lowest BCUT2D eigenvalue weighted by Gasteiger charge is -2.34. The van der Waals surface area contributed by atoms with E-state index in [0.29, 0.717) is 11.2 Å². The maximum absolute atomic E-state index is 5.66. The molecule has 4 heteroatoms. The smallest absolute Gasteiger partial charge is 0.123 e. The van der Waals surface area contributed by atoms with Gasteiger partial charge >= 0.3 is 0 Å². The Balaban J connectivity index is 1.84. The number of aromatic nitrogens is 3. The Morgan fingerprint density at radius 2 is 2.00 bits per heavy atom. The van der Waals surface area contributed by atoms with Crippen molar-refractivity contribution in [2.75, 3.05) is 5.73 Å². The van der Waals surface area contributed by atoms with Gasteiger partial charge in [0.05, 0.1) is 18.2 Å². The summed E-state index contributed by atoms with van der Waals surface area (Å²) in [5.74, 6) is 0.555. The topological polar surface area (TPSA) is 56.7 Å². The van der Waals surface area contributed by atoms with Gasteiger partial charge in [0.1, 0.15) is 5.82 Å². The Morgan fingerprint density at radius 1 is 1.20 bits per heavy atom. The zero-order valence-electron chi connectivity index (χ0n) is 12.0. The molecule has 4 nitrogen and oxygen atoms in total. The molecule has 1 aliphatic carbocycles. The minimum absolute atomic E-state index is 0.398. The van der Waals surface area contributed by atoms with Crippen LogP contribution in [0.15, 0.2) is 30.9 Å². The van der Waals surface area contributed by atoms with Gasteiger partial charge in [-0.25, -0.2) is 9.97 Å². The zero-order valence-corrected chi connectivity index (χ0v) is 12.0. The van der Waals surface area contributed by atoms with Crippen molar-refractivity contribution < 1.29 is 0 Å². The monoisotopic (exact) mass is 270 g/mol. The van der Waals surface area contributed by atoms with Crippen molar-refractivity contribution >= 4 is 5.82 Å². The average Bonchev–Trinajstić information content (AvgIpc) is 2.88. The predicted molar refractivity (Wildman–Crippen MR) is 81.1 cm³/mol. The van der Waals surface area contributed by atoms with Crippen molar-refractivity contribution in [2.45, 2.75) is 45.6 Å². The number of rotatable bonds is 3. The number of hydrogen-bond donors (Lipinski definition) is 1. The van der Waals surface area contributed by atoms with Gasteiger partial charge in [-0.1, -0.05) is 26.2 Å². The number of nitrogens with two attached hydrogens (primary N) is 1. The molecule has 106 valence electrons. The molecule has 0 spiro atoms. The second-order valence-electron chi connectivity index (χ2n) is 6.25. The van der Waals surface area contributed by atoms with E-state index >= 15 is 0 Å². The maximum Gasteiger partial charge on any atom is 0.123 e. The molecule has 0 bridgehead atoms. The van der Waals surface area contributed by atoms with E-state index in [1.54, 1.807) is 0 Å². The lowest BCUT2D eigenvalue weighted by atomic mass is 9.75. The van der Waals surface area contributed by atoms with E-state index in [0.717, 1.165) is 17.8 Å². The summed E-state index contributed by atoms with van der Waals surface area (Å²) < 4.78 is 2.26. The van der Waals surface area contributed by atoms with Crippen LogP contribution in [0.1, 0.15) is 39.0 Å². The summed E-state index contributed by atoms with van der Waals surface area (Å²) in [6, 6.07) is 3.86. The molecule has 2 N–H and O–H groups in total. The maximum atomic E-state index is 5.66. The first-order valence-corrected chi connectivity index (χ1v) is 7.38. The molecule has 3 rings (SSSR count). The van der Waals surface area contributed by atoms with Gasteiger partial charge < -0.3 is 10.3 Å². The van der Waals surface area contributed by atoms with Gasteiger partial charge in [-0.05, 0) is 30.4 Å². The van der Waals surface area contributed by atoms with Crippen LogP contribution in [0.3, 0.4) is 0 Å².